The van der Waals surface area contributed by atoms with Crippen LogP contribution in [0.15, 0.2) is 24.3 Å². The highest BCUT2D eigenvalue weighted by atomic mass is 32.2. The first-order valence-electron chi connectivity index (χ1n) is 4.71. The lowest BCUT2D eigenvalue weighted by Gasteiger charge is -2.05. The molecular weight excluding hydrogens is 233 g/mol. The summed E-state index contributed by atoms with van der Waals surface area (Å²) in [4.78, 5) is 0. The van der Waals surface area contributed by atoms with Gasteiger partial charge in [0.2, 0.25) is 0 Å². The summed E-state index contributed by atoms with van der Waals surface area (Å²) in [5.41, 5.74) is 1.77. The van der Waals surface area contributed by atoms with Gasteiger partial charge in [0, 0.05) is 17.1 Å². The number of rotatable bonds is 4. The highest BCUT2D eigenvalue weighted by molar-refractivity contribution is 7.98. The van der Waals surface area contributed by atoms with Gasteiger partial charge in [0.1, 0.15) is 0 Å². The molecule has 0 saturated carbocycles. The smallest absolute Gasteiger partial charge is 0.171 e. The van der Waals surface area contributed by atoms with Crippen molar-refractivity contribution in [1.29, 1.82) is 0 Å². The van der Waals surface area contributed by atoms with E-state index in [9.17, 15) is 13.2 Å². The van der Waals surface area contributed by atoms with Gasteiger partial charge in [0.15, 0.2) is 0 Å². The van der Waals surface area contributed by atoms with E-state index in [0.717, 1.165) is 11.1 Å². The fourth-order valence-electron chi connectivity index (χ4n) is 1.08. The van der Waals surface area contributed by atoms with Gasteiger partial charge in [-0.1, -0.05) is 18.1 Å². The Morgan fingerprint density at radius 2 is 1.81 bits per heavy atom. The number of alkyl halides is 3. The van der Waals surface area contributed by atoms with Crippen LogP contribution in [0.4, 0.5) is 13.2 Å². The first-order chi connectivity index (χ1) is 7.51. The maximum absolute atomic E-state index is 11.8. The summed E-state index contributed by atoms with van der Waals surface area (Å²) in [5.74, 6) is 3.17. The Morgan fingerprint density at radius 1 is 1.19 bits per heavy atom. The van der Waals surface area contributed by atoms with E-state index in [1.165, 1.54) is 11.8 Å². The summed E-state index contributed by atoms with van der Waals surface area (Å²) >= 11 is 1.28. The van der Waals surface area contributed by atoms with E-state index in [1.807, 2.05) is 12.1 Å². The maximum atomic E-state index is 11.8. The molecule has 0 saturated heterocycles. The van der Waals surface area contributed by atoms with Crippen LogP contribution in [-0.4, -0.2) is 11.9 Å². The molecule has 0 radical (unpaired) electrons. The average Bonchev–Trinajstić information content (AvgIpc) is 2.24. The Morgan fingerprint density at radius 3 is 2.31 bits per heavy atom. The van der Waals surface area contributed by atoms with Crippen LogP contribution in [0.25, 0.3) is 0 Å². The summed E-state index contributed by atoms with van der Waals surface area (Å²) in [7, 11) is 0. The van der Waals surface area contributed by atoms with Crippen molar-refractivity contribution in [2.24, 2.45) is 0 Å². The summed E-state index contributed by atoms with van der Waals surface area (Å²) in [5, 5.41) is 0. The lowest BCUT2D eigenvalue weighted by Crippen LogP contribution is -2.08. The molecule has 0 nitrogen and oxygen atoms in total. The molecule has 0 amide bonds. The van der Waals surface area contributed by atoms with E-state index in [1.54, 1.807) is 12.1 Å². The van der Waals surface area contributed by atoms with E-state index < -0.39 is 12.6 Å². The molecule has 86 valence electrons. The highest BCUT2D eigenvalue weighted by Gasteiger charge is 2.25. The molecule has 0 atom stereocenters. The summed E-state index contributed by atoms with van der Waals surface area (Å²) in [6.07, 6.45) is 0.398. The third kappa shape index (κ3) is 5.13. The second-order valence-electron chi connectivity index (χ2n) is 3.26. The number of hydrogen-bond acceptors (Lipinski definition) is 1. The summed E-state index contributed by atoms with van der Waals surface area (Å²) in [6, 6.07) is 7.27. The molecule has 1 rings (SSSR count). The van der Waals surface area contributed by atoms with Crippen LogP contribution in [0, 0.1) is 12.3 Å². The lowest BCUT2D eigenvalue weighted by atomic mass is 10.2. The Hall–Kier alpha value is -1.08. The van der Waals surface area contributed by atoms with E-state index in [2.05, 4.69) is 5.92 Å². The van der Waals surface area contributed by atoms with Crippen molar-refractivity contribution in [1.82, 2.24) is 0 Å². The molecule has 0 heterocycles. The first-order valence-corrected chi connectivity index (χ1v) is 5.87. The van der Waals surface area contributed by atoms with E-state index >= 15 is 0 Å². The zero-order chi connectivity index (χ0) is 12.0. The van der Waals surface area contributed by atoms with Crippen molar-refractivity contribution in [3.05, 3.63) is 35.4 Å². The van der Waals surface area contributed by atoms with Crippen molar-refractivity contribution in [3.63, 3.8) is 0 Å². The fraction of sp³-hybridized carbons (Fsp3) is 0.333. The minimum Gasteiger partial charge on any atom is -0.171 e. The van der Waals surface area contributed by atoms with Gasteiger partial charge in [-0.05, 0) is 17.7 Å². The van der Waals surface area contributed by atoms with Crippen LogP contribution in [0.5, 0.6) is 0 Å². The predicted molar refractivity (Wildman–Crippen MR) is 61.2 cm³/mol. The minimum absolute atomic E-state index is 0.0976. The standard InChI is InChI=1S/C12H11F3S/c1-2-10-3-5-11(6-4-10)9-16-8-7-12(13,14)15/h1,3-6H,7-9H2. The summed E-state index contributed by atoms with van der Waals surface area (Å²) < 4.78 is 35.5. The van der Waals surface area contributed by atoms with Crippen molar-refractivity contribution >= 4 is 11.8 Å². The van der Waals surface area contributed by atoms with Crippen LogP contribution in [0.1, 0.15) is 17.5 Å². The SMILES string of the molecule is C#Cc1ccc(CSCCC(F)(F)F)cc1. The molecule has 1 aromatic carbocycles. The average molecular weight is 244 g/mol. The molecule has 0 spiro atoms. The van der Waals surface area contributed by atoms with Gasteiger partial charge in [0.25, 0.3) is 0 Å². The number of halogens is 3. The van der Waals surface area contributed by atoms with Crippen LogP contribution in [0.2, 0.25) is 0 Å². The molecule has 16 heavy (non-hydrogen) atoms. The zero-order valence-corrected chi connectivity index (χ0v) is 9.37. The largest absolute Gasteiger partial charge is 0.389 e. The number of benzene rings is 1. The fourth-order valence-corrected chi connectivity index (χ4v) is 2.02. The van der Waals surface area contributed by atoms with Gasteiger partial charge >= 0.3 is 6.18 Å². The second kappa shape index (κ2) is 5.86. The minimum atomic E-state index is -4.06. The number of hydrogen-bond donors (Lipinski definition) is 0. The quantitative estimate of drug-likeness (QED) is 0.572. The first kappa shape index (κ1) is 13.0. The zero-order valence-electron chi connectivity index (χ0n) is 8.55. The normalized spacial score (nSPS) is 11.1. The molecule has 0 unspecified atom stereocenters. The van der Waals surface area contributed by atoms with Crippen LogP contribution in [0.3, 0.4) is 0 Å². The molecule has 0 aliphatic carbocycles. The monoisotopic (exact) mass is 244 g/mol. The summed E-state index contributed by atoms with van der Waals surface area (Å²) in [6.45, 7) is 0. The Labute approximate surface area is 97.2 Å². The van der Waals surface area contributed by atoms with Crippen molar-refractivity contribution in [3.8, 4) is 12.3 Å². The lowest BCUT2D eigenvalue weighted by molar-refractivity contribution is -0.129. The van der Waals surface area contributed by atoms with E-state index in [0.29, 0.717) is 5.75 Å². The van der Waals surface area contributed by atoms with E-state index in [-0.39, 0.29) is 5.75 Å². The molecule has 0 aromatic heterocycles. The number of terminal acetylenes is 1. The van der Waals surface area contributed by atoms with Crippen molar-refractivity contribution in [2.45, 2.75) is 18.3 Å². The highest BCUT2D eigenvalue weighted by Crippen LogP contribution is 2.23. The van der Waals surface area contributed by atoms with Crippen LogP contribution >= 0.6 is 11.8 Å². The molecule has 0 N–H and O–H groups in total. The molecule has 0 aliphatic rings. The molecule has 0 aliphatic heterocycles. The second-order valence-corrected chi connectivity index (χ2v) is 4.36. The van der Waals surface area contributed by atoms with Gasteiger partial charge in [-0.25, -0.2) is 0 Å². The van der Waals surface area contributed by atoms with Gasteiger partial charge in [-0.15, -0.1) is 6.42 Å². The Balaban J connectivity index is 2.30. The maximum Gasteiger partial charge on any atom is 0.389 e. The Kier molecular flexibility index (Phi) is 4.75. The van der Waals surface area contributed by atoms with Gasteiger partial charge in [0.05, 0.1) is 6.42 Å². The van der Waals surface area contributed by atoms with Gasteiger partial charge < -0.3 is 0 Å². The van der Waals surface area contributed by atoms with Gasteiger partial charge in [-0.3, -0.25) is 0 Å². The topological polar surface area (TPSA) is 0 Å². The molecule has 0 bridgehead atoms. The van der Waals surface area contributed by atoms with E-state index in [4.69, 9.17) is 6.42 Å². The van der Waals surface area contributed by atoms with Gasteiger partial charge in [-0.2, -0.15) is 24.9 Å². The van der Waals surface area contributed by atoms with Crippen LogP contribution < -0.4 is 0 Å². The molecule has 0 fully saturated rings. The van der Waals surface area contributed by atoms with Crippen molar-refractivity contribution in [2.75, 3.05) is 5.75 Å². The molecule has 4 heteroatoms. The third-order valence-corrected chi connectivity index (χ3v) is 2.95. The van der Waals surface area contributed by atoms with Crippen molar-refractivity contribution < 1.29 is 13.2 Å². The predicted octanol–water partition coefficient (Wildman–Crippen LogP) is 3.85. The molecule has 1 aromatic rings. The molecular formula is C12H11F3S. The third-order valence-electron chi connectivity index (χ3n) is 1.92. The Bertz CT molecular complexity index is 359. The number of thioether (sulfide) groups is 1. The van der Waals surface area contributed by atoms with Crippen LogP contribution in [-0.2, 0) is 5.75 Å².